The minimum atomic E-state index is -0.126. The van der Waals surface area contributed by atoms with E-state index < -0.39 is 0 Å². The molecule has 1 fully saturated rings. The summed E-state index contributed by atoms with van der Waals surface area (Å²) in [4.78, 5) is 30.9. The van der Waals surface area contributed by atoms with Gasteiger partial charge in [0, 0.05) is 17.2 Å². The summed E-state index contributed by atoms with van der Waals surface area (Å²) in [6.45, 7) is 2.28. The molecule has 0 saturated heterocycles. The molecule has 0 aliphatic heterocycles. The summed E-state index contributed by atoms with van der Waals surface area (Å²) in [7, 11) is 0. The van der Waals surface area contributed by atoms with E-state index in [1.54, 1.807) is 4.90 Å². The molecule has 1 saturated carbocycles. The van der Waals surface area contributed by atoms with Gasteiger partial charge in [0.05, 0.1) is 12.1 Å². The number of aromatic amines is 1. The topological polar surface area (TPSA) is 53.2 Å². The summed E-state index contributed by atoms with van der Waals surface area (Å²) < 4.78 is 0. The highest BCUT2D eigenvalue weighted by atomic mass is 16.2. The maximum atomic E-state index is 13.3. The van der Waals surface area contributed by atoms with Crippen LogP contribution in [0.25, 0.3) is 10.9 Å². The normalized spacial score (nSPS) is 14.9. The van der Waals surface area contributed by atoms with Crippen molar-refractivity contribution in [2.45, 2.75) is 45.6 Å². The van der Waals surface area contributed by atoms with E-state index in [9.17, 15) is 9.59 Å². The third-order valence-corrected chi connectivity index (χ3v) is 5.78. The summed E-state index contributed by atoms with van der Waals surface area (Å²) in [5.74, 6) is 0.186. The van der Waals surface area contributed by atoms with Gasteiger partial charge in [-0.1, -0.05) is 55.7 Å². The second kappa shape index (κ2) is 8.01. The number of pyridine rings is 1. The Labute approximate surface area is 165 Å². The first-order valence-electron chi connectivity index (χ1n) is 10.1. The Kier molecular flexibility index (Phi) is 5.29. The molecular weight excluding hydrogens is 348 g/mol. The molecule has 1 heterocycles. The molecule has 0 bridgehead atoms. The van der Waals surface area contributed by atoms with Crippen LogP contribution in [-0.2, 0) is 11.3 Å². The highest BCUT2D eigenvalue weighted by Crippen LogP contribution is 2.28. The molecule has 1 aromatic heterocycles. The van der Waals surface area contributed by atoms with Crippen molar-refractivity contribution in [1.29, 1.82) is 0 Å². The number of nitrogens with one attached hydrogen (secondary N) is 1. The number of aryl methyl sites for hydroxylation is 1. The monoisotopic (exact) mass is 374 g/mol. The highest BCUT2D eigenvalue weighted by molar-refractivity contribution is 5.95. The predicted octanol–water partition coefficient (Wildman–Crippen LogP) is 4.95. The van der Waals surface area contributed by atoms with Crippen molar-refractivity contribution in [3.63, 3.8) is 0 Å². The van der Waals surface area contributed by atoms with Gasteiger partial charge in [-0.2, -0.15) is 0 Å². The Hall–Kier alpha value is -2.88. The molecule has 1 aliphatic rings. The number of anilines is 1. The summed E-state index contributed by atoms with van der Waals surface area (Å²) >= 11 is 0. The van der Waals surface area contributed by atoms with Crippen molar-refractivity contribution in [3.05, 3.63) is 76.1 Å². The summed E-state index contributed by atoms with van der Waals surface area (Å²) in [5.41, 5.74) is 3.24. The number of carbonyl (C=O) groups is 1. The van der Waals surface area contributed by atoms with Crippen molar-refractivity contribution in [2.75, 3.05) is 4.90 Å². The Morgan fingerprint density at radius 2 is 1.79 bits per heavy atom. The fraction of sp³-hybridized carbons (Fsp3) is 0.333. The molecular formula is C24H26N2O2. The number of H-pyrrole nitrogens is 1. The minimum Gasteiger partial charge on any atom is -0.321 e. The largest absolute Gasteiger partial charge is 0.321 e. The van der Waals surface area contributed by atoms with Crippen LogP contribution in [0.4, 0.5) is 5.69 Å². The molecule has 4 heteroatoms. The smallest absolute Gasteiger partial charge is 0.253 e. The Morgan fingerprint density at radius 3 is 2.54 bits per heavy atom. The van der Waals surface area contributed by atoms with E-state index in [2.05, 4.69) is 4.98 Å². The number of rotatable bonds is 4. The third kappa shape index (κ3) is 3.72. The zero-order valence-corrected chi connectivity index (χ0v) is 16.3. The zero-order valence-electron chi connectivity index (χ0n) is 16.3. The average Bonchev–Trinajstić information content (AvgIpc) is 2.74. The number of nitrogens with zero attached hydrogens (tertiary/aromatic N) is 1. The number of aromatic nitrogens is 1. The molecule has 0 atom stereocenters. The quantitative estimate of drug-likeness (QED) is 0.702. The number of fused-ring (bicyclic) bond motifs is 1. The van der Waals surface area contributed by atoms with Crippen LogP contribution >= 0.6 is 0 Å². The molecule has 28 heavy (non-hydrogen) atoms. The SMILES string of the molecule is Cc1cccc2cc(CN(C(=O)C3CCCCC3)c3ccccc3)c(=O)[nH]c12. The van der Waals surface area contributed by atoms with Crippen molar-refractivity contribution in [2.24, 2.45) is 5.92 Å². The van der Waals surface area contributed by atoms with E-state index >= 15 is 0 Å². The van der Waals surface area contributed by atoms with E-state index in [0.29, 0.717) is 12.1 Å². The minimum absolute atomic E-state index is 0.0516. The second-order valence-electron chi connectivity index (χ2n) is 7.76. The van der Waals surface area contributed by atoms with Crippen LogP contribution in [0.3, 0.4) is 0 Å². The molecule has 4 rings (SSSR count). The van der Waals surface area contributed by atoms with Crippen molar-refractivity contribution in [3.8, 4) is 0 Å². The first-order chi connectivity index (χ1) is 13.6. The van der Waals surface area contributed by atoms with Crippen LogP contribution in [0, 0.1) is 12.8 Å². The lowest BCUT2D eigenvalue weighted by atomic mass is 9.88. The number of benzene rings is 2. The van der Waals surface area contributed by atoms with E-state index in [1.165, 1.54) is 6.42 Å². The van der Waals surface area contributed by atoms with Gasteiger partial charge in [-0.15, -0.1) is 0 Å². The molecule has 1 aliphatic carbocycles. The third-order valence-electron chi connectivity index (χ3n) is 5.78. The average molecular weight is 374 g/mol. The number of carbonyl (C=O) groups excluding carboxylic acids is 1. The van der Waals surface area contributed by atoms with Gasteiger partial charge in [0.2, 0.25) is 5.91 Å². The first kappa shape index (κ1) is 18.5. The Balaban J connectivity index is 1.71. The number of hydrogen-bond acceptors (Lipinski definition) is 2. The standard InChI is InChI=1S/C24H26N2O2/c1-17-9-8-12-19-15-20(23(27)25-22(17)19)16-26(21-13-6-3-7-14-21)24(28)18-10-4-2-5-11-18/h3,6-9,12-15,18H,2,4-5,10-11,16H2,1H3,(H,25,27). The fourth-order valence-corrected chi connectivity index (χ4v) is 4.19. The zero-order chi connectivity index (χ0) is 19.5. The molecule has 1 amide bonds. The van der Waals surface area contributed by atoms with Gasteiger partial charge >= 0.3 is 0 Å². The molecule has 4 nitrogen and oxygen atoms in total. The maximum Gasteiger partial charge on any atom is 0.253 e. The first-order valence-corrected chi connectivity index (χ1v) is 10.1. The van der Waals surface area contributed by atoms with Crippen molar-refractivity contribution >= 4 is 22.5 Å². The number of hydrogen-bond donors (Lipinski definition) is 1. The van der Waals surface area contributed by atoms with E-state index in [4.69, 9.17) is 0 Å². The lowest BCUT2D eigenvalue weighted by molar-refractivity contribution is -0.123. The molecule has 144 valence electrons. The van der Waals surface area contributed by atoms with Crippen molar-refractivity contribution in [1.82, 2.24) is 4.98 Å². The molecule has 2 aromatic carbocycles. The Morgan fingerprint density at radius 1 is 1.04 bits per heavy atom. The fourth-order valence-electron chi connectivity index (χ4n) is 4.19. The van der Waals surface area contributed by atoms with Gasteiger partial charge in [0.15, 0.2) is 0 Å². The van der Waals surface area contributed by atoms with Gasteiger partial charge in [0.1, 0.15) is 0 Å². The van der Waals surface area contributed by atoms with Crippen molar-refractivity contribution < 1.29 is 4.79 Å². The lowest BCUT2D eigenvalue weighted by Crippen LogP contribution is -2.38. The van der Waals surface area contributed by atoms with Gasteiger partial charge in [-0.05, 0) is 48.9 Å². The van der Waals surface area contributed by atoms with E-state index in [-0.39, 0.29) is 17.4 Å². The van der Waals surface area contributed by atoms with Crippen LogP contribution in [0.1, 0.15) is 43.2 Å². The second-order valence-corrected chi connectivity index (χ2v) is 7.76. The highest BCUT2D eigenvalue weighted by Gasteiger charge is 2.27. The van der Waals surface area contributed by atoms with E-state index in [0.717, 1.165) is 47.8 Å². The molecule has 0 spiro atoms. The van der Waals surface area contributed by atoms with Crippen LogP contribution in [0.15, 0.2) is 59.4 Å². The summed E-state index contributed by atoms with van der Waals surface area (Å²) in [5, 5.41) is 0.993. The lowest BCUT2D eigenvalue weighted by Gasteiger charge is -2.29. The summed E-state index contributed by atoms with van der Waals surface area (Å²) in [6.07, 6.45) is 5.30. The number of para-hydroxylation sites is 2. The molecule has 0 unspecified atom stereocenters. The van der Waals surface area contributed by atoms with Gasteiger partial charge < -0.3 is 9.88 Å². The molecule has 0 radical (unpaired) electrons. The van der Waals surface area contributed by atoms with E-state index in [1.807, 2.05) is 61.5 Å². The van der Waals surface area contributed by atoms with Crippen LogP contribution < -0.4 is 10.5 Å². The van der Waals surface area contributed by atoms with Crippen LogP contribution in [0.5, 0.6) is 0 Å². The predicted molar refractivity (Wildman–Crippen MR) is 114 cm³/mol. The van der Waals surface area contributed by atoms with Gasteiger partial charge in [-0.3, -0.25) is 9.59 Å². The van der Waals surface area contributed by atoms with Crippen LogP contribution in [0.2, 0.25) is 0 Å². The Bertz CT molecular complexity index is 1030. The molecule has 1 N–H and O–H groups in total. The molecule has 3 aromatic rings. The van der Waals surface area contributed by atoms with Gasteiger partial charge in [0.25, 0.3) is 5.56 Å². The maximum absolute atomic E-state index is 13.3. The van der Waals surface area contributed by atoms with Crippen LogP contribution in [-0.4, -0.2) is 10.9 Å². The summed E-state index contributed by atoms with van der Waals surface area (Å²) in [6, 6.07) is 17.6. The van der Waals surface area contributed by atoms with Gasteiger partial charge in [-0.25, -0.2) is 0 Å². The number of amides is 1.